The highest BCUT2D eigenvalue weighted by Gasteiger charge is 2.27. The van der Waals surface area contributed by atoms with E-state index in [-0.39, 0.29) is 10.8 Å². The van der Waals surface area contributed by atoms with E-state index in [1.807, 2.05) is 29.2 Å². The molecular weight excluding hydrogens is 464 g/mol. The summed E-state index contributed by atoms with van der Waals surface area (Å²) in [6.07, 6.45) is 1.77. The highest BCUT2D eigenvalue weighted by Crippen LogP contribution is 2.22. The second-order valence-corrected chi connectivity index (χ2v) is 10.8. The SMILES string of the molecule is O=C(c1ccc(S(=O)(=O)N2CCOCC2)cc1)N1CCC(COCc2ccc(Cl)cc2)CC1. The summed E-state index contributed by atoms with van der Waals surface area (Å²) in [5.41, 5.74) is 1.60. The van der Waals surface area contributed by atoms with Gasteiger partial charge in [0.25, 0.3) is 5.91 Å². The van der Waals surface area contributed by atoms with Gasteiger partial charge in [0.1, 0.15) is 0 Å². The summed E-state index contributed by atoms with van der Waals surface area (Å²) in [6, 6.07) is 13.9. The molecule has 178 valence electrons. The van der Waals surface area contributed by atoms with Gasteiger partial charge in [-0.1, -0.05) is 23.7 Å². The van der Waals surface area contributed by atoms with E-state index in [4.69, 9.17) is 21.1 Å². The van der Waals surface area contributed by atoms with Gasteiger partial charge in [-0.05, 0) is 60.7 Å². The van der Waals surface area contributed by atoms with Crippen molar-refractivity contribution in [2.24, 2.45) is 5.92 Å². The van der Waals surface area contributed by atoms with Crippen molar-refractivity contribution in [1.29, 1.82) is 0 Å². The number of amides is 1. The van der Waals surface area contributed by atoms with E-state index in [1.54, 1.807) is 12.1 Å². The second-order valence-electron chi connectivity index (χ2n) is 8.42. The van der Waals surface area contributed by atoms with Crippen molar-refractivity contribution < 1.29 is 22.7 Å². The molecule has 0 radical (unpaired) electrons. The van der Waals surface area contributed by atoms with Crippen molar-refractivity contribution in [3.8, 4) is 0 Å². The van der Waals surface area contributed by atoms with E-state index in [0.717, 1.165) is 18.4 Å². The molecule has 1 amide bonds. The van der Waals surface area contributed by atoms with Gasteiger partial charge in [-0.2, -0.15) is 4.31 Å². The number of carbonyl (C=O) groups is 1. The largest absolute Gasteiger partial charge is 0.379 e. The number of halogens is 1. The number of likely N-dealkylation sites (tertiary alicyclic amines) is 1. The Morgan fingerprint density at radius 3 is 2.24 bits per heavy atom. The summed E-state index contributed by atoms with van der Waals surface area (Å²) in [6.45, 7) is 4.05. The summed E-state index contributed by atoms with van der Waals surface area (Å²) in [7, 11) is -3.56. The molecule has 0 N–H and O–H groups in total. The molecule has 0 aliphatic carbocycles. The van der Waals surface area contributed by atoms with E-state index in [2.05, 4.69) is 0 Å². The molecule has 2 aliphatic rings. The Kier molecular flexibility index (Phi) is 8.03. The third-order valence-electron chi connectivity index (χ3n) is 6.15. The molecule has 33 heavy (non-hydrogen) atoms. The van der Waals surface area contributed by atoms with Gasteiger partial charge in [0, 0.05) is 43.4 Å². The number of hydrogen-bond acceptors (Lipinski definition) is 5. The quantitative estimate of drug-likeness (QED) is 0.592. The first-order valence-electron chi connectivity index (χ1n) is 11.2. The summed E-state index contributed by atoms with van der Waals surface area (Å²) in [4.78, 5) is 14.9. The zero-order valence-electron chi connectivity index (χ0n) is 18.5. The van der Waals surface area contributed by atoms with Crippen molar-refractivity contribution in [2.45, 2.75) is 24.3 Å². The Labute approximate surface area is 200 Å². The van der Waals surface area contributed by atoms with Gasteiger partial charge in [0.05, 0.1) is 24.7 Å². The van der Waals surface area contributed by atoms with Crippen LogP contribution in [0.15, 0.2) is 53.4 Å². The lowest BCUT2D eigenvalue weighted by molar-refractivity contribution is 0.0478. The highest BCUT2D eigenvalue weighted by atomic mass is 35.5. The number of nitrogens with zero attached hydrogens (tertiary/aromatic N) is 2. The topological polar surface area (TPSA) is 76.2 Å². The molecular formula is C24H29ClN2O5S. The monoisotopic (exact) mass is 492 g/mol. The van der Waals surface area contributed by atoms with Gasteiger partial charge >= 0.3 is 0 Å². The maximum atomic E-state index is 12.9. The molecule has 2 fully saturated rings. The van der Waals surface area contributed by atoms with Crippen LogP contribution in [-0.4, -0.2) is 69.5 Å². The van der Waals surface area contributed by atoms with Crippen LogP contribution in [-0.2, 0) is 26.1 Å². The summed E-state index contributed by atoms with van der Waals surface area (Å²) in [5.74, 6) is 0.355. The average molecular weight is 493 g/mol. The van der Waals surface area contributed by atoms with Crippen LogP contribution in [0.4, 0.5) is 0 Å². The maximum absolute atomic E-state index is 12.9. The normalized spacial score (nSPS) is 18.4. The Bertz CT molecular complexity index is 1030. The fourth-order valence-electron chi connectivity index (χ4n) is 4.11. The van der Waals surface area contributed by atoms with Crippen LogP contribution in [0.3, 0.4) is 0 Å². The minimum absolute atomic E-state index is 0.0640. The van der Waals surface area contributed by atoms with E-state index in [0.29, 0.717) is 69.1 Å². The summed E-state index contributed by atoms with van der Waals surface area (Å²) >= 11 is 5.90. The molecule has 2 aromatic rings. The second kappa shape index (κ2) is 11.0. The highest BCUT2D eigenvalue weighted by molar-refractivity contribution is 7.89. The molecule has 0 saturated carbocycles. The van der Waals surface area contributed by atoms with Crippen LogP contribution >= 0.6 is 11.6 Å². The van der Waals surface area contributed by atoms with Gasteiger partial charge in [0.15, 0.2) is 0 Å². The first kappa shape index (κ1) is 24.2. The molecule has 2 saturated heterocycles. The molecule has 2 aromatic carbocycles. The number of rotatable bonds is 7. The Balaban J connectivity index is 1.25. The lowest BCUT2D eigenvalue weighted by Crippen LogP contribution is -2.40. The number of ether oxygens (including phenoxy) is 2. The Morgan fingerprint density at radius 1 is 0.970 bits per heavy atom. The number of carbonyl (C=O) groups excluding carboxylic acids is 1. The predicted molar refractivity (Wildman–Crippen MR) is 126 cm³/mol. The van der Waals surface area contributed by atoms with E-state index in [1.165, 1.54) is 16.4 Å². The lowest BCUT2D eigenvalue weighted by Gasteiger charge is -2.32. The van der Waals surface area contributed by atoms with Crippen molar-refractivity contribution in [1.82, 2.24) is 9.21 Å². The molecule has 7 nitrogen and oxygen atoms in total. The number of morpholine rings is 1. The van der Waals surface area contributed by atoms with Crippen molar-refractivity contribution >= 4 is 27.5 Å². The van der Waals surface area contributed by atoms with E-state index < -0.39 is 10.0 Å². The number of hydrogen-bond donors (Lipinski definition) is 0. The van der Waals surface area contributed by atoms with Crippen LogP contribution in [0.25, 0.3) is 0 Å². The van der Waals surface area contributed by atoms with E-state index in [9.17, 15) is 13.2 Å². The predicted octanol–water partition coefficient (Wildman–Crippen LogP) is 3.43. The molecule has 0 atom stereocenters. The van der Waals surface area contributed by atoms with Crippen LogP contribution in [0.5, 0.6) is 0 Å². The van der Waals surface area contributed by atoms with Gasteiger partial charge in [-0.25, -0.2) is 8.42 Å². The standard InChI is InChI=1S/C24H29ClN2O5S/c25-22-5-1-19(2-6-22)17-32-18-20-9-11-26(12-10-20)24(28)21-3-7-23(8-4-21)33(29,30)27-13-15-31-16-14-27/h1-8,20H,9-18H2. The van der Waals surface area contributed by atoms with Crippen LogP contribution < -0.4 is 0 Å². The lowest BCUT2D eigenvalue weighted by atomic mass is 9.97. The van der Waals surface area contributed by atoms with Crippen LogP contribution in [0.1, 0.15) is 28.8 Å². The van der Waals surface area contributed by atoms with Gasteiger partial charge in [0.2, 0.25) is 10.0 Å². The van der Waals surface area contributed by atoms with Gasteiger partial charge in [-0.15, -0.1) is 0 Å². The first-order valence-corrected chi connectivity index (χ1v) is 13.0. The molecule has 0 spiro atoms. The summed E-state index contributed by atoms with van der Waals surface area (Å²) in [5, 5.41) is 0.712. The molecule has 0 unspecified atom stereocenters. The van der Waals surface area contributed by atoms with Gasteiger partial charge in [-0.3, -0.25) is 4.79 Å². The number of sulfonamides is 1. The molecule has 2 aliphatic heterocycles. The van der Waals surface area contributed by atoms with Crippen molar-refractivity contribution in [2.75, 3.05) is 46.0 Å². The smallest absolute Gasteiger partial charge is 0.253 e. The zero-order chi connectivity index (χ0) is 23.3. The minimum Gasteiger partial charge on any atom is -0.379 e. The third kappa shape index (κ3) is 6.13. The molecule has 0 aromatic heterocycles. The molecule has 2 heterocycles. The van der Waals surface area contributed by atoms with Crippen molar-refractivity contribution in [3.05, 3.63) is 64.7 Å². The molecule has 9 heteroatoms. The van der Waals surface area contributed by atoms with Crippen LogP contribution in [0, 0.1) is 5.92 Å². The Morgan fingerprint density at radius 2 is 1.61 bits per heavy atom. The Hall–Kier alpha value is -1.97. The third-order valence-corrected chi connectivity index (χ3v) is 8.31. The first-order chi connectivity index (χ1) is 15.9. The fourth-order valence-corrected chi connectivity index (χ4v) is 5.65. The number of benzene rings is 2. The summed E-state index contributed by atoms with van der Waals surface area (Å²) < 4.78 is 38.0. The fraction of sp³-hybridized carbons (Fsp3) is 0.458. The number of piperidine rings is 1. The van der Waals surface area contributed by atoms with E-state index >= 15 is 0 Å². The molecule has 0 bridgehead atoms. The van der Waals surface area contributed by atoms with Gasteiger partial charge < -0.3 is 14.4 Å². The maximum Gasteiger partial charge on any atom is 0.253 e. The molecule has 4 rings (SSSR count). The minimum atomic E-state index is -3.56. The average Bonchev–Trinajstić information content (AvgIpc) is 2.86. The van der Waals surface area contributed by atoms with Crippen molar-refractivity contribution in [3.63, 3.8) is 0 Å². The zero-order valence-corrected chi connectivity index (χ0v) is 20.1. The van der Waals surface area contributed by atoms with Crippen LogP contribution in [0.2, 0.25) is 5.02 Å².